The summed E-state index contributed by atoms with van der Waals surface area (Å²) in [5.74, 6) is 2.09. The predicted molar refractivity (Wildman–Crippen MR) is 66.5 cm³/mol. The van der Waals surface area contributed by atoms with Crippen molar-refractivity contribution < 1.29 is 0 Å². The lowest BCUT2D eigenvalue weighted by atomic mass is 9.69. The van der Waals surface area contributed by atoms with Crippen LogP contribution in [0.4, 0.5) is 0 Å². The van der Waals surface area contributed by atoms with Crippen molar-refractivity contribution in [1.29, 1.82) is 0 Å². The lowest BCUT2D eigenvalue weighted by molar-refractivity contribution is 0.0955. The highest BCUT2D eigenvalue weighted by Gasteiger charge is 2.38. The number of nitrogens with one attached hydrogen (secondary N) is 1. The topological polar surface area (TPSA) is 12.0 Å². The first-order chi connectivity index (χ1) is 6.93. The van der Waals surface area contributed by atoms with Gasteiger partial charge in [0.25, 0.3) is 0 Å². The molecule has 3 aliphatic rings. The number of hydrogen-bond acceptors (Lipinski definition) is 1. The van der Waals surface area contributed by atoms with Crippen LogP contribution in [0.2, 0.25) is 0 Å². The van der Waals surface area contributed by atoms with E-state index in [9.17, 15) is 0 Å². The van der Waals surface area contributed by atoms with E-state index in [1.165, 1.54) is 51.4 Å². The SMILES string of the molecule is C1CC[C@@H]2N[C@@H]3CCCC[C@H]3C[C@H]2C1.Cl. The van der Waals surface area contributed by atoms with E-state index in [-0.39, 0.29) is 12.4 Å². The van der Waals surface area contributed by atoms with Crippen LogP contribution in [0.15, 0.2) is 0 Å². The lowest BCUT2D eigenvalue weighted by Crippen LogP contribution is -2.54. The van der Waals surface area contributed by atoms with Gasteiger partial charge in [-0.3, -0.25) is 0 Å². The Balaban J connectivity index is 0.000000853. The normalized spacial score (nSPS) is 44.8. The zero-order valence-electron chi connectivity index (χ0n) is 9.58. The van der Waals surface area contributed by atoms with Crippen LogP contribution in [0.3, 0.4) is 0 Å². The molecule has 2 aliphatic carbocycles. The Morgan fingerprint density at radius 1 is 0.667 bits per heavy atom. The molecule has 0 spiro atoms. The van der Waals surface area contributed by atoms with Gasteiger partial charge in [-0.15, -0.1) is 12.4 Å². The summed E-state index contributed by atoms with van der Waals surface area (Å²) in [6.07, 6.45) is 13.5. The van der Waals surface area contributed by atoms with Crippen LogP contribution in [0.25, 0.3) is 0 Å². The zero-order chi connectivity index (χ0) is 9.38. The molecule has 15 heavy (non-hydrogen) atoms. The largest absolute Gasteiger partial charge is 0.311 e. The van der Waals surface area contributed by atoms with Crippen LogP contribution in [0, 0.1) is 11.8 Å². The molecule has 1 heterocycles. The molecule has 0 aromatic carbocycles. The van der Waals surface area contributed by atoms with Crippen molar-refractivity contribution in [3.63, 3.8) is 0 Å². The fourth-order valence-electron chi connectivity index (χ4n) is 4.08. The van der Waals surface area contributed by atoms with Crippen LogP contribution >= 0.6 is 12.4 Å². The van der Waals surface area contributed by atoms with Crippen molar-refractivity contribution in [2.75, 3.05) is 0 Å². The van der Waals surface area contributed by atoms with E-state index in [0.717, 1.165) is 23.9 Å². The summed E-state index contributed by atoms with van der Waals surface area (Å²) in [5.41, 5.74) is 0. The smallest absolute Gasteiger partial charge is 0.00981 e. The van der Waals surface area contributed by atoms with Crippen LogP contribution in [-0.2, 0) is 0 Å². The van der Waals surface area contributed by atoms with Crippen molar-refractivity contribution in [3.8, 4) is 0 Å². The maximum Gasteiger partial charge on any atom is 0.00981 e. The Morgan fingerprint density at radius 3 is 1.67 bits per heavy atom. The number of piperidine rings is 1. The fraction of sp³-hybridized carbons (Fsp3) is 1.00. The minimum atomic E-state index is 0. The van der Waals surface area contributed by atoms with E-state index >= 15 is 0 Å². The molecule has 0 amide bonds. The summed E-state index contributed by atoms with van der Waals surface area (Å²) in [6, 6.07) is 1.81. The molecule has 2 saturated carbocycles. The summed E-state index contributed by atoms with van der Waals surface area (Å²) < 4.78 is 0. The van der Waals surface area contributed by atoms with Crippen molar-refractivity contribution in [2.45, 2.75) is 69.9 Å². The van der Waals surface area contributed by atoms with Crippen LogP contribution in [0.5, 0.6) is 0 Å². The fourth-order valence-corrected chi connectivity index (χ4v) is 4.08. The van der Waals surface area contributed by atoms with Crippen molar-refractivity contribution in [3.05, 3.63) is 0 Å². The van der Waals surface area contributed by atoms with Gasteiger partial charge in [0.05, 0.1) is 0 Å². The molecule has 0 aromatic heterocycles. The highest BCUT2D eigenvalue weighted by Crippen LogP contribution is 2.40. The monoisotopic (exact) mass is 229 g/mol. The Hall–Kier alpha value is 0.250. The highest BCUT2D eigenvalue weighted by atomic mass is 35.5. The van der Waals surface area contributed by atoms with E-state index in [0.29, 0.717) is 0 Å². The maximum absolute atomic E-state index is 3.96. The second-order valence-electron chi connectivity index (χ2n) is 5.70. The van der Waals surface area contributed by atoms with Gasteiger partial charge in [-0.2, -0.15) is 0 Å². The molecule has 4 atom stereocenters. The molecule has 88 valence electrons. The Labute approximate surface area is 99.8 Å². The quantitative estimate of drug-likeness (QED) is 0.670. The third-order valence-corrected chi connectivity index (χ3v) is 4.85. The van der Waals surface area contributed by atoms with E-state index < -0.39 is 0 Å². The van der Waals surface area contributed by atoms with Crippen molar-refractivity contribution in [1.82, 2.24) is 5.32 Å². The second-order valence-corrected chi connectivity index (χ2v) is 5.70. The van der Waals surface area contributed by atoms with Gasteiger partial charge in [0.1, 0.15) is 0 Å². The van der Waals surface area contributed by atoms with Crippen LogP contribution in [0.1, 0.15) is 57.8 Å². The predicted octanol–water partition coefficient (Wildman–Crippen LogP) is 3.52. The van der Waals surface area contributed by atoms with Gasteiger partial charge in [-0.1, -0.05) is 25.7 Å². The van der Waals surface area contributed by atoms with Gasteiger partial charge >= 0.3 is 0 Å². The molecular weight excluding hydrogens is 206 g/mol. The highest BCUT2D eigenvalue weighted by molar-refractivity contribution is 5.85. The first-order valence-corrected chi connectivity index (χ1v) is 6.69. The third kappa shape index (κ3) is 2.34. The molecule has 0 unspecified atom stereocenters. The van der Waals surface area contributed by atoms with Crippen molar-refractivity contribution >= 4 is 12.4 Å². The summed E-state index contributed by atoms with van der Waals surface area (Å²) in [4.78, 5) is 0. The molecule has 3 rings (SSSR count). The molecule has 1 saturated heterocycles. The molecular formula is C13H24ClN. The van der Waals surface area contributed by atoms with E-state index in [4.69, 9.17) is 0 Å². The van der Waals surface area contributed by atoms with Gasteiger partial charge in [0.15, 0.2) is 0 Å². The summed E-state index contributed by atoms with van der Waals surface area (Å²) in [5, 5.41) is 3.96. The van der Waals surface area contributed by atoms with Gasteiger partial charge < -0.3 is 5.32 Å². The van der Waals surface area contributed by atoms with E-state index in [1.807, 2.05) is 0 Å². The number of rotatable bonds is 0. The molecule has 1 aliphatic heterocycles. The van der Waals surface area contributed by atoms with Gasteiger partial charge in [-0.05, 0) is 43.9 Å². The molecule has 0 radical (unpaired) electrons. The summed E-state index contributed by atoms with van der Waals surface area (Å²) >= 11 is 0. The summed E-state index contributed by atoms with van der Waals surface area (Å²) in [7, 11) is 0. The average molecular weight is 230 g/mol. The summed E-state index contributed by atoms with van der Waals surface area (Å²) in [6.45, 7) is 0. The third-order valence-electron chi connectivity index (χ3n) is 4.85. The van der Waals surface area contributed by atoms with E-state index in [2.05, 4.69) is 5.32 Å². The number of fused-ring (bicyclic) bond motifs is 2. The average Bonchev–Trinajstić information content (AvgIpc) is 2.26. The zero-order valence-corrected chi connectivity index (χ0v) is 10.4. The number of hydrogen-bond donors (Lipinski definition) is 1. The van der Waals surface area contributed by atoms with Crippen LogP contribution in [-0.4, -0.2) is 12.1 Å². The molecule has 2 heteroatoms. The standard InChI is InChI=1S/C13H23N.ClH/c1-3-7-12-10(5-1)9-11-6-2-4-8-13(11)14-12;/h10-14H,1-9H2;1H/t10-,11+,12+,13-;. The van der Waals surface area contributed by atoms with Crippen LogP contribution < -0.4 is 5.32 Å². The van der Waals surface area contributed by atoms with Gasteiger partial charge in [-0.25, -0.2) is 0 Å². The Morgan fingerprint density at radius 2 is 1.13 bits per heavy atom. The van der Waals surface area contributed by atoms with E-state index in [1.54, 1.807) is 6.42 Å². The molecule has 1 nitrogen and oxygen atoms in total. The first kappa shape index (κ1) is 11.7. The maximum atomic E-state index is 3.96. The Bertz CT molecular complexity index is 165. The minimum Gasteiger partial charge on any atom is -0.311 e. The minimum absolute atomic E-state index is 0. The van der Waals surface area contributed by atoms with Gasteiger partial charge in [0, 0.05) is 12.1 Å². The lowest BCUT2D eigenvalue weighted by Gasteiger charge is -2.47. The van der Waals surface area contributed by atoms with Crippen molar-refractivity contribution in [2.24, 2.45) is 11.8 Å². The molecule has 0 bridgehead atoms. The molecule has 3 fully saturated rings. The number of halogens is 1. The second kappa shape index (κ2) is 5.05. The first-order valence-electron chi connectivity index (χ1n) is 6.69. The molecule has 0 aromatic rings. The van der Waals surface area contributed by atoms with Gasteiger partial charge in [0.2, 0.25) is 0 Å². The Kier molecular flexibility index (Phi) is 3.95. The molecule has 1 N–H and O–H groups in total.